The maximum Gasteiger partial charge on any atom is 0.149 e. The molecule has 2 aromatic rings. The van der Waals surface area contributed by atoms with Crippen molar-refractivity contribution in [1.29, 1.82) is 0 Å². The van der Waals surface area contributed by atoms with Crippen LogP contribution < -0.4 is 5.32 Å². The number of hydrogen-bond acceptors (Lipinski definition) is 3. The van der Waals surface area contributed by atoms with E-state index in [1.54, 1.807) is 17.8 Å². The van der Waals surface area contributed by atoms with Crippen molar-refractivity contribution in [2.45, 2.75) is 19.9 Å². The van der Waals surface area contributed by atoms with E-state index in [0.29, 0.717) is 11.6 Å². The third-order valence-corrected chi connectivity index (χ3v) is 3.57. The molecule has 0 bridgehead atoms. The number of benzene rings is 1. The van der Waals surface area contributed by atoms with Crippen LogP contribution in [0.25, 0.3) is 10.9 Å². The maximum absolute atomic E-state index is 13.7. The van der Waals surface area contributed by atoms with Crippen LogP contribution in [0.2, 0.25) is 0 Å². The standard InChI is InChI=1S/C14H17FN2S/c1-9-7-13(16-10(2)8-18-3)11-5-4-6-12(15)14(11)17-9/h4-7,10H,8H2,1-3H3,(H,16,17). The first-order valence-corrected chi connectivity index (χ1v) is 7.32. The van der Waals surface area contributed by atoms with E-state index in [9.17, 15) is 4.39 Å². The van der Waals surface area contributed by atoms with Crippen molar-refractivity contribution < 1.29 is 4.39 Å². The van der Waals surface area contributed by atoms with Crippen molar-refractivity contribution >= 4 is 28.4 Å². The topological polar surface area (TPSA) is 24.9 Å². The lowest BCUT2D eigenvalue weighted by Crippen LogP contribution is -2.18. The van der Waals surface area contributed by atoms with Crippen LogP contribution in [0.5, 0.6) is 0 Å². The van der Waals surface area contributed by atoms with Crippen molar-refractivity contribution in [2.75, 3.05) is 17.3 Å². The summed E-state index contributed by atoms with van der Waals surface area (Å²) < 4.78 is 13.7. The Bertz CT molecular complexity index is 557. The summed E-state index contributed by atoms with van der Waals surface area (Å²) in [6.45, 7) is 4.01. The van der Waals surface area contributed by atoms with Gasteiger partial charge in [0, 0.05) is 28.6 Å². The average molecular weight is 264 g/mol. The van der Waals surface area contributed by atoms with Crippen molar-refractivity contribution in [3.8, 4) is 0 Å². The molecule has 0 radical (unpaired) electrons. The highest BCUT2D eigenvalue weighted by Crippen LogP contribution is 2.25. The summed E-state index contributed by atoms with van der Waals surface area (Å²) >= 11 is 1.79. The normalized spacial score (nSPS) is 12.7. The molecule has 0 spiro atoms. The summed E-state index contributed by atoms with van der Waals surface area (Å²) in [5, 5.41) is 4.27. The second kappa shape index (κ2) is 5.57. The molecule has 1 heterocycles. The van der Waals surface area contributed by atoms with Crippen LogP contribution in [0.15, 0.2) is 24.3 Å². The molecule has 1 unspecified atom stereocenters. The molecule has 1 aromatic heterocycles. The number of rotatable bonds is 4. The van der Waals surface area contributed by atoms with Gasteiger partial charge in [-0.05, 0) is 32.2 Å². The number of nitrogens with one attached hydrogen (secondary N) is 1. The van der Waals surface area contributed by atoms with Crippen LogP contribution in [0, 0.1) is 12.7 Å². The Balaban J connectivity index is 2.46. The SMILES string of the molecule is CSCC(C)Nc1cc(C)nc2c(F)cccc12. The van der Waals surface area contributed by atoms with Crippen molar-refractivity contribution in [1.82, 2.24) is 4.98 Å². The lowest BCUT2D eigenvalue weighted by molar-refractivity contribution is 0.636. The molecule has 1 atom stereocenters. The Labute approximate surface area is 111 Å². The summed E-state index contributed by atoms with van der Waals surface area (Å²) in [7, 11) is 0. The zero-order valence-corrected chi connectivity index (χ0v) is 11.6. The van der Waals surface area contributed by atoms with Crippen molar-refractivity contribution in [2.24, 2.45) is 0 Å². The summed E-state index contributed by atoms with van der Waals surface area (Å²) in [5.74, 6) is 0.745. The van der Waals surface area contributed by atoms with Gasteiger partial charge in [0.2, 0.25) is 0 Å². The molecule has 0 saturated carbocycles. The number of thioether (sulfide) groups is 1. The largest absolute Gasteiger partial charge is 0.381 e. The minimum absolute atomic E-state index is 0.267. The number of aryl methyl sites for hydroxylation is 1. The molecule has 0 fully saturated rings. The second-order valence-corrected chi connectivity index (χ2v) is 5.36. The van der Waals surface area contributed by atoms with Gasteiger partial charge in [-0.1, -0.05) is 12.1 Å². The number of pyridine rings is 1. The molecular formula is C14H17FN2S. The lowest BCUT2D eigenvalue weighted by Gasteiger charge is -2.16. The number of para-hydroxylation sites is 1. The highest BCUT2D eigenvalue weighted by atomic mass is 32.2. The molecule has 96 valence electrons. The quantitative estimate of drug-likeness (QED) is 0.908. The molecule has 0 aliphatic heterocycles. The Morgan fingerprint density at radius 1 is 1.44 bits per heavy atom. The zero-order valence-electron chi connectivity index (χ0n) is 10.8. The van der Waals surface area contributed by atoms with Gasteiger partial charge >= 0.3 is 0 Å². The zero-order chi connectivity index (χ0) is 13.1. The first-order valence-electron chi connectivity index (χ1n) is 5.93. The number of aromatic nitrogens is 1. The molecule has 0 amide bonds. The van der Waals surface area contributed by atoms with E-state index in [2.05, 4.69) is 23.5 Å². The molecular weight excluding hydrogens is 247 g/mol. The van der Waals surface area contributed by atoms with Gasteiger partial charge in [0.15, 0.2) is 0 Å². The van der Waals surface area contributed by atoms with Gasteiger partial charge in [0.1, 0.15) is 11.3 Å². The van der Waals surface area contributed by atoms with Gasteiger partial charge in [-0.2, -0.15) is 11.8 Å². The fourth-order valence-electron chi connectivity index (χ4n) is 2.02. The predicted molar refractivity (Wildman–Crippen MR) is 77.9 cm³/mol. The average Bonchev–Trinajstić information content (AvgIpc) is 2.31. The molecule has 0 aliphatic rings. The Kier molecular flexibility index (Phi) is 4.07. The fourth-order valence-corrected chi connectivity index (χ4v) is 2.60. The van der Waals surface area contributed by atoms with E-state index in [1.807, 2.05) is 19.1 Å². The molecule has 0 aliphatic carbocycles. The monoisotopic (exact) mass is 264 g/mol. The number of anilines is 1. The smallest absolute Gasteiger partial charge is 0.149 e. The summed E-state index contributed by atoms with van der Waals surface area (Å²) in [4.78, 5) is 4.27. The first kappa shape index (κ1) is 13.1. The number of nitrogens with zero attached hydrogens (tertiary/aromatic N) is 1. The molecule has 18 heavy (non-hydrogen) atoms. The highest BCUT2D eigenvalue weighted by Gasteiger charge is 2.09. The summed E-state index contributed by atoms with van der Waals surface area (Å²) in [6.07, 6.45) is 2.08. The maximum atomic E-state index is 13.7. The van der Waals surface area contributed by atoms with Crippen molar-refractivity contribution in [3.05, 3.63) is 35.8 Å². The van der Waals surface area contributed by atoms with E-state index in [0.717, 1.165) is 22.5 Å². The van der Waals surface area contributed by atoms with Gasteiger partial charge in [-0.15, -0.1) is 0 Å². The highest BCUT2D eigenvalue weighted by molar-refractivity contribution is 7.98. The number of fused-ring (bicyclic) bond motifs is 1. The van der Waals surface area contributed by atoms with Crippen LogP contribution in [0.1, 0.15) is 12.6 Å². The van der Waals surface area contributed by atoms with E-state index in [4.69, 9.17) is 0 Å². The van der Waals surface area contributed by atoms with Gasteiger partial charge in [-0.25, -0.2) is 9.37 Å². The van der Waals surface area contributed by atoms with Gasteiger partial charge < -0.3 is 5.32 Å². The predicted octanol–water partition coefficient (Wildman–Crippen LogP) is 3.85. The van der Waals surface area contributed by atoms with E-state index in [-0.39, 0.29) is 5.82 Å². The van der Waals surface area contributed by atoms with Crippen LogP contribution >= 0.6 is 11.8 Å². The minimum Gasteiger partial charge on any atom is -0.381 e. The minimum atomic E-state index is -0.267. The third kappa shape index (κ3) is 2.75. The molecule has 1 aromatic carbocycles. The Morgan fingerprint density at radius 2 is 2.22 bits per heavy atom. The van der Waals surface area contributed by atoms with Gasteiger partial charge in [-0.3, -0.25) is 0 Å². The molecule has 1 N–H and O–H groups in total. The van der Waals surface area contributed by atoms with Crippen LogP contribution in [-0.4, -0.2) is 23.0 Å². The summed E-state index contributed by atoms with van der Waals surface area (Å²) in [5.41, 5.74) is 2.22. The van der Waals surface area contributed by atoms with Crippen molar-refractivity contribution in [3.63, 3.8) is 0 Å². The number of halogens is 1. The van der Waals surface area contributed by atoms with Gasteiger partial charge in [0.25, 0.3) is 0 Å². The second-order valence-electron chi connectivity index (χ2n) is 4.45. The summed E-state index contributed by atoms with van der Waals surface area (Å²) in [6, 6.07) is 7.38. The fraction of sp³-hybridized carbons (Fsp3) is 0.357. The van der Waals surface area contributed by atoms with Gasteiger partial charge in [0.05, 0.1) is 0 Å². The molecule has 2 nitrogen and oxygen atoms in total. The third-order valence-electron chi connectivity index (χ3n) is 2.74. The van der Waals surface area contributed by atoms with E-state index < -0.39 is 0 Å². The van der Waals surface area contributed by atoms with Crippen LogP contribution in [0.3, 0.4) is 0 Å². The molecule has 2 rings (SSSR count). The number of hydrogen-bond donors (Lipinski definition) is 1. The first-order chi connectivity index (χ1) is 8.61. The molecule has 0 saturated heterocycles. The van der Waals surface area contributed by atoms with Crippen LogP contribution in [0.4, 0.5) is 10.1 Å². The van der Waals surface area contributed by atoms with E-state index >= 15 is 0 Å². The lowest BCUT2D eigenvalue weighted by atomic mass is 10.1. The van der Waals surface area contributed by atoms with Crippen LogP contribution in [-0.2, 0) is 0 Å². The molecule has 4 heteroatoms. The Morgan fingerprint density at radius 3 is 2.94 bits per heavy atom. The Hall–Kier alpha value is -1.29. The van der Waals surface area contributed by atoms with E-state index in [1.165, 1.54) is 6.07 Å².